The van der Waals surface area contributed by atoms with Crippen LogP contribution in [0.25, 0.3) is 6.08 Å². The second-order valence-corrected chi connectivity index (χ2v) is 8.07. The predicted octanol–water partition coefficient (Wildman–Crippen LogP) is 6.29. The van der Waals surface area contributed by atoms with Gasteiger partial charge in [0.05, 0.1) is 5.56 Å². The molecule has 4 nitrogen and oxygen atoms in total. The molecule has 4 rings (SSSR count). The number of halogens is 2. The molecule has 0 atom stereocenters. The lowest BCUT2D eigenvalue weighted by atomic mass is 10.1. The first-order valence-corrected chi connectivity index (χ1v) is 10.3. The number of hydrogen-bond acceptors (Lipinski definition) is 4. The van der Waals surface area contributed by atoms with Crippen molar-refractivity contribution in [3.8, 4) is 11.5 Å². The van der Waals surface area contributed by atoms with Crippen LogP contribution >= 0.6 is 27.5 Å². The van der Waals surface area contributed by atoms with Crippen LogP contribution in [0.15, 0.2) is 70.9 Å². The minimum Gasteiger partial charge on any atom is -0.485 e. The van der Waals surface area contributed by atoms with E-state index in [0.29, 0.717) is 38.8 Å². The number of ketones is 2. The number of ether oxygens (including phenoxy) is 2. The summed E-state index contributed by atoms with van der Waals surface area (Å²) in [6.07, 6.45) is 1.63. The Morgan fingerprint density at radius 2 is 1.83 bits per heavy atom. The summed E-state index contributed by atoms with van der Waals surface area (Å²) in [5, 5.41) is 0.532. The molecule has 0 amide bonds. The Morgan fingerprint density at radius 3 is 2.57 bits per heavy atom. The number of benzene rings is 3. The highest BCUT2D eigenvalue weighted by Gasteiger charge is 2.30. The van der Waals surface area contributed by atoms with E-state index in [2.05, 4.69) is 15.9 Å². The molecule has 0 aromatic heterocycles. The Bertz CT molecular complexity index is 1180. The maximum atomic E-state index is 12.7. The molecular formula is C24H16BrClO4. The quantitative estimate of drug-likeness (QED) is 0.316. The summed E-state index contributed by atoms with van der Waals surface area (Å²) in [7, 11) is 0. The van der Waals surface area contributed by atoms with Crippen LogP contribution in [-0.4, -0.2) is 18.2 Å². The van der Waals surface area contributed by atoms with Crippen LogP contribution in [0.4, 0.5) is 0 Å². The first-order chi connectivity index (χ1) is 14.4. The van der Waals surface area contributed by atoms with Gasteiger partial charge in [-0.05, 0) is 48.9 Å². The summed E-state index contributed by atoms with van der Waals surface area (Å²) in [5.74, 6) is 0.770. The third-order valence-corrected chi connectivity index (χ3v) is 5.63. The van der Waals surface area contributed by atoms with E-state index in [1.54, 1.807) is 55.5 Å². The summed E-state index contributed by atoms with van der Waals surface area (Å²) < 4.78 is 12.5. The van der Waals surface area contributed by atoms with E-state index in [4.69, 9.17) is 21.1 Å². The van der Waals surface area contributed by atoms with Crippen molar-refractivity contribution in [3.05, 3.63) is 98.2 Å². The Hall–Kier alpha value is -2.89. The molecule has 0 unspecified atom stereocenters. The van der Waals surface area contributed by atoms with Gasteiger partial charge >= 0.3 is 0 Å². The number of Topliss-reactive ketones (excluding diaryl/α,β-unsaturated/α-hetero) is 2. The number of allylic oxidation sites excluding steroid dienone is 1. The highest BCUT2D eigenvalue weighted by atomic mass is 79.9. The van der Waals surface area contributed by atoms with Gasteiger partial charge in [-0.3, -0.25) is 9.59 Å². The van der Waals surface area contributed by atoms with E-state index in [0.717, 1.165) is 4.47 Å². The second kappa shape index (κ2) is 8.46. The number of rotatable bonds is 5. The normalized spacial score (nSPS) is 13.8. The maximum absolute atomic E-state index is 12.7. The van der Waals surface area contributed by atoms with Gasteiger partial charge in [0.1, 0.15) is 11.5 Å². The van der Waals surface area contributed by atoms with Crippen molar-refractivity contribution < 1.29 is 19.1 Å². The maximum Gasteiger partial charge on any atom is 0.231 e. The van der Waals surface area contributed by atoms with E-state index >= 15 is 0 Å². The zero-order valence-corrected chi connectivity index (χ0v) is 18.3. The molecule has 0 fully saturated rings. The lowest BCUT2D eigenvalue weighted by molar-refractivity contribution is 0.0920. The molecular weight excluding hydrogens is 468 g/mol. The fourth-order valence-corrected chi connectivity index (χ4v) is 3.57. The molecule has 1 aliphatic heterocycles. The van der Waals surface area contributed by atoms with Gasteiger partial charge in [-0.25, -0.2) is 0 Å². The number of hydrogen-bond donors (Lipinski definition) is 0. The molecule has 150 valence electrons. The zero-order chi connectivity index (χ0) is 21.3. The molecule has 30 heavy (non-hydrogen) atoms. The molecule has 0 saturated carbocycles. The van der Waals surface area contributed by atoms with E-state index in [1.165, 1.54) is 0 Å². The van der Waals surface area contributed by atoms with E-state index < -0.39 is 0 Å². The van der Waals surface area contributed by atoms with Crippen molar-refractivity contribution in [2.75, 3.05) is 6.61 Å². The Labute approximate surface area is 187 Å². The van der Waals surface area contributed by atoms with Gasteiger partial charge in [0.15, 0.2) is 18.1 Å². The molecule has 0 radical (unpaired) electrons. The van der Waals surface area contributed by atoms with Gasteiger partial charge in [0.25, 0.3) is 0 Å². The summed E-state index contributed by atoms with van der Waals surface area (Å²) in [5.41, 5.74) is 2.38. The minimum atomic E-state index is -0.217. The fourth-order valence-electron chi connectivity index (χ4n) is 3.12. The SMILES string of the molecule is Cc1c(OCC(=O)c2ccc(Br)cc2)ccc2c1O/C(=C\c1ccccc1Cl)C2=O. The third-order valence-electron chi connectivity index (χ3n) is 4.75. The Morgan fingerprint density at radius 1 is 1.10 bits per heavy atom. The van der Waals surface area contributed by atoms with Gasteiger partial charge in [0.2, 0.25) is 5.78 Å². The lowest BCUT2D eigenvalue weighted by Crippen LogP contribution is -2.12. The van der Waals surface area contributed by atoms with Crippen LogP contribution in [0, 0.1) is 6.92 Å². The smallest absolute Gasteiger partial charge is 0.231 e. The monoisotopic (exact) mass is 482 g/mol. The van der Waals surface area contributed by atoms with Crippen LogP contribution in [-0.2, 0) is 0 Å². The van der Waals surface area contributed by atoms with Crippen molar-refractivity contribution >= 4 is 45.2 Å². The fraction of sp³-hybridized carbons (Fsp3) is 0.0833. The molecule has 1 heterocycles. The van der Waals surface area contributed by atoms with Gasteiger partial charge in [0, 0.05) is 20.6 Å². The van der Waals surface area contributed by atoms with Crippen molar-refractivity contribution in [3.63, 3.8) is 0 Å². The van der Waals surface area contributed by atoms with Crippen molar-refractivity contribution in [1.82, 2.24) is 0 Å². The van der Waals surface area contributed by atoms with E-state index in [9.17, 15) is 9.59 Å². The topological polar surface area (TPSA) is 52.6 Å². The lowest BCUT2D eigenvalue weighted by Gasteiger charge is -2.11. The number of carbonyl (C=O) groups is 2. The third kappa shape index (κ3) is 4.04. The standard InChI is InChI=1S/C24H16BrClO4/c1-14-21(29-13-20(27)15-6-8-17(25)9-7-15)11-10-18-23(28)22(30-24(14)18)12-16-4-2-3-5-19(16)26/h2-12H,13H2,1H3/b22-12-. The average molecular weight is 484 g/mol. The Balaban J connectivity index is 1.54. The summed E-state index contributed by atoms with van der Waals surface area (Å²) in [6.45, 7) is 1.68. The Kier molecular flexibility index (Phi) is 5.75. The van der Waals surface area contributed by atoms with E-state index in [1.807, 2.05) is 18.2 Å². The molecule has 0 N–H and O–H groups in total. The van der Waals surface area contributed by atoms with Crippen LogP contribution < -0.4 is 9.47 Å². The van der Waals surface area contributed by atoms with Crippen LogP contribution in [0.5, 0.6) is 11.5 Å². The molecule has 1 aliphatic rings. The molecule has 0 bridgehead atoms. The molecule has 3 aromatic carbocycles. The van der Waals surface area contributed by atoms with Crippen molar-refractivity contribution in [1.29, 1.82) is 0 Å². The largest absolute Gasteiger partial charge is 0.485 e. The first kappa shape index (κ1) is 20.4. The first-order valence-electron chi connectivity index (χ1n) is 9.18. The van der Waals surface area contributed by atoms with Gasteiger partial charge < -0.3 is 9.47 Å². The van der Waals surface area contributed by atoms with Gasteiger partial charge in [-0.1, -0.05) is 57.9 Å². The van der Waals surface area contributed by atoms with Crippen LogP contribution in [0.2, 0.25) is 5.02 Å². The predicted molar refractivity (Wildman–Crippen MR) is 120 cm³/mol. The summed E-state index contributed by atoms with van der Waals surface area (Å²) >= 11 is 9.53. The molecule has 0 saturated heterocycles. The van der Waals surface area contributed by atoms with Crippen LogP contribution in [0.3, 0.4) is 0 Å². The van der Waals surface area contributed by atoms with Crippen molar-refractivity contribution in [2.24, 2.45) is 0 Å². The van der Waals surface area contributed by atoms with Gasteiger partial charge in [-0.2, -0.15) is 0 Å². The molecule has 0 aliphatic carbocycles. The minimum absolute atomic E-state index is 0.114. The summed E-state index contributed by atoms with van der Waals surface area (Å²) in [4.78, 5) is 25.1. The van der Waals surface area contributed by atoms with E-state index in [-0.39, 0.29) is 23.9 Å². The molecule has 6 heteroatoms. The van der Waals surface area contributed by atoms with Crippen molar-refractivity contribution in [2.45, 2.75) is 6.92 Å². The zero-order valence-electron chi connectivity index (χ0n) is 15.9. The highest BCUT2D eigenvalue weighted by Crippen LogP contribution is 2.39. The van der Waals surface area contributed by atoms with Crippen LogP contribution in [0.1, 0.15) is 31.8 Å². The molecule has 3 aromatic rings. The highest BCUT2D eigenvalue weighted by molar-refractivity contribution is 9.10. The van der Waals surface area contributed by atoms with Gasteiger partial charge in [-0.15, -0.1) is 0 Å². The molecule has 0 spiro atoms. The second-order valence-electron chi connectivity index (χ2n) is 6.75. The number of carbonyl (C=O) groups excluding carboxylic acids is 2. The number of fused-ring (bicyclic) bond motifs is 1. The summed E-state index contributed by atoms with van der Waals surface area (Å²) in [6, 6.07) is 17.6. The average Bonchev–Trinajstić information content (AvgIpc) is 3.06.